The minimum atomic E-state index is -1.83. The Bertz CT molecular complexity index is 1920. The summed E-state index contributed by atoms with van der Waals surface area (Å²) in [6, 6.07) is 0.709. The number of hydrogen-bond donors (Lipinski definition) is 7. The molecule has 278 valence electrons. The monoisotopic (exact) mass is 763 g/mol. The van der Waals surface area contributed by atoms with Gasteiger partial charge in [-0.25, -0.2) is 14.0 Å². The number of halogens is 1. The number of aliphatic carboxylic acids is 2. The van der Waals surface area contributed by atoms with E-state index in [9.17, 15) is 48.8 Å². The molecule has 21 heteroatoms. The maximum absolute atomic E-state index is 14.5. The number of piperidine rings is 1. The number of oxime groups is 1. The second kappa shape index (κ2) is 13.5. The summed E-state index contributed by atoms with van der Waals surface area (Å²) in [5.74, 6) is -7.92. The Hall–Kier alpha value is -5.02. The standard InChI is InChI=1S/C31H35FN8O10S2/c1-31(2,29(48)49)50-37-19(23-36-30(33)52-38-23)25(44)35-20-26(45)39-21(28(46)47)12(11-51-27(20)39)10-40(3)14-4-5-15(40)9-13(8-14)34-24(43)16-6-7-17(41)22(42)18(16)32/h6-7,13-15,20,27H,4-5,8-11H2,1-3H3,(H7-,33,34,35,36,37,38,41,42,43,44,46,47,48,49)/p+1/t13?,14-,15+,20-,27-,40?/m1/s1. The first-order valence-electron chi connectivity index (χ1n) is 16.1. The number of rotatable bonds is 11. The molecule has 0 radical (unpaired) electrons. The summed E-state index contributed by atoms with van der Waals surface area (Å²) in [4.78, 5) is 74.2. The first kappa shape index (κ1) is 36.8. The van der Waals surface area contributed by atoms with Gasteiger partial charge in [-0.2, -0.15) is 9.36 Å². The topological polar surface area (TPSA) is 267 Å². The molecule has 5 heterocycles. The predicted octanol–water partition coefficient (Wildman–Crippen LogP) is 0.563. The van der Waals surface area contributed by atoms with Gasteiger partial charge in [-0.1, -0.05) is 5.16 Å². The van der Waals surface area contributed by atoms with Gasteiger partial charge in [0.1, 0.15) is 23.7 Å². The van der Waals surface area contributed by atoms with Crippen LogP contribution in [0.25, 0.3) is 0 Å². The van der Waals surface area contributed by atoms with E-state index in [4.69, 9.17) is 10.6 Å². The Balaban J connectivity index is 1.16. The van der Waals surface area contributed by atoms with E-state index in [-0.39, 0.29) is 40.5 Å². The van der Waals surface area contributed by atoms with E-state index in [1.54, 1.807) is 0 Å². The Labute approximate surface area is 303 Å². The van der Waals surface area contributed by atoms with Gasteiger partial charge in [0.05, 0.1) is 24.7 Å². The van der Waals surface area contributed by atoms with E-state index in [0.717, 1.165) is 41.4 Å². The average molecular weight is 764 g/mol. The van der Waals surface area contributed by atoms with Crippen molar-refractivity contribution < 1.29 is 58.1 Å². The number of nitrogens with zero attached hydrogens (tertiary/aromatic N) is 5. The molecule has 4 aliphatic heterocycles. The van der Waals surface area contributed by atoms with Crippen molar-refractivity contribution in [2.45, 2.75) is 74.7 Å². The lowest BCUT2D eigenvalue weighted by atomic mass is 9.92. The number of hydrogen-bond acceptors (Lipinski definition) is 14. The van der Waals surface area contributed by atoms with Crippen molar-refractivity contribution >= 4 is 63.8 Å². The van der Waals surface area contributed by atoms with Crippen LogP contribution in [0, 0.1) is 5.82 Å². The third-order valence-corrected chi connectivity index (χ3v) is 12.0. The number of phenolic OH excluding ortho intramolecular Hbond substituents is 2. The molecule has 52 heavy (non-hydrogen) atoms. The van der Waals surface area contributed by atoms with Crippen LogP contribution in [0.4, 0.5) is 9.52 Å². The number of carbonyl (C=O) groups excluding carboxylic acids is 3. The van der Waals surface area contributed by atoms with Gasteiger partial charge in [0.15, 0.2) is 22.4 Å². The Morgan fingerprint density at radius 2 is 1.83 bits per heavy atom. The lowest BCUT2D eigenvalue weighted by molar-refractivity contribution is -0.944. The number of carboxylic acid groups (broad SMARTS) is 2. The number of amides is 3. The fourth-order valence-electron chi connectivity index (χ4n) is 7.25. The van der Waals surface area contributed by atoms with E-state index >= 15 is 0 Å². The molecule has 18 nitrogen and oxygen atoms in total. The van der Waals surface area contributed by atoms with Crippen LogP contribution >= 0.6 is 23.3 Å². The van der Waals surface area contributed by atoms with Crippen LogP contribution in [-0.2, 0) is 24.0 Å². The lowest BCUT2D eigenvalue weighted by Gasteiger charge is -2.52. The van der Waals surface area contributed by atoms with Crippen LogP contribution in [0.5, 0.6) is 11.5 Å². The predicted molar refractivity (Wildman–Crippen MR) is 181 cm³/mol. The van der Waals surface area contributed by atoms with Crippen LogP contribution in [0.2, 0.25) is 0 Å². The van der Waals surface area contributed by atoms with E-state index < -0.39 is 75.3 Å². The van der Waals surface area contributed by atoms with E-state index in [1.807, 2.05) is 7.05 Å². The molecule has 2 bridgehead atoms. The number of nitrogens with one attached hydrogen (secondary N) is 2. The molecule has 3 fully saturated rings. The summed E-state index contributed by atoms with van der Waals surface area (Å²) in [7, 11) is 2.02. The van der Waals surface area contributed by atoms with Gasteiger partial charge >= 0.3 is 11.9 Å². The Kier molecular flexibility index (Phi) is 9.55. The molecular formula is C31H36FN8O10S2+. The third-order valence-electron chi connectivity index (χ3n) is 10.1. The largest absolute Gasteiger partial charge is 0.504 e. The van der Waals surface area contributed by atoms with Gasteiger partial charge in [0.2, 0.25) is 17.1 Å². The fraction of sp³-hybridized carbons (Fsp3) is 0.484. The van der Waals surface area contributed by atoms with Crippen LogP contribution in [0.15, 0.2) is 28.6 Å². The minimum Gasteiger partial charge on any atom is -0.504 e. The smallest absolute Gasteiger partial charge is 0.352 e. The van der Waals surface area contributed by atoms with Gasteiger partial charge in [-0.05, 0) is 26.0 Å². The van der Waals surface area contributed by atoms with Gasteiger partial charge in [0, 0.05) is 54.6 Å². The Morgan fingerprint density at radius 3 is 2.42 bits per heavy atom. The molecule has 1 aromatic heterocycles. The second-order valence-corrected chi connectivity index (χ2v) is 15.6. The first-order chi connectivity index (χ1) is 24.4. The summed E-state index contributed by atoms with van der Waals surface area (Å²) < 4.78 is 18.9. The quantitative estimate of drug-likeness (QED) is 0.0542. The van der Waals surface area contributed by atoms with Crippen molar-refractivity contribution in [3.63, 3.8) is 0 Å². The number of carbonyl (C=O) groups is 5. The summed E-state index contributed by atoms with van der Waals surface area (Å²) in [6.07, 6.45) is 2.68. The van der Waals surface area contributed by atoms with Gasteiger partial charge in [0.25, 0.3) is 17.7 Å². The number of fused-ring (bicyclic) bond motifs is 3. The van der Waals surface area contributed by atoms with E-state index in [1.165, 1.54) is 25.6 Å². The molecule has 8 N–H and O–H groups in total. The molecule has 2 aromatic rings. The van der Waals surface area contributed by atoms with Crippen molar-refractivity contribution in [3.05, 3.63) is 40.6 Å². The summed E-state index contributed by atoms with van der Waals surface area (Å²) in [6.45, 7) is 2.75. The van der Waals surface area contributed by atoms with Crippen molar-refractivity contribution in [2.75, 3.05) is 25.1 Å². The Morgan fingerprint density at radius 1 is 1.15 bits per heavy atom. The molecule has 4 aliphatic rings. The zero-order valence-corrected chi connectivity index (χ0v) is 29.7. The molecule has 2 unspecified atom stereocenters. The SMILES string of the molecule is CC(C)(O/N=C(\C(=O)N[C@@H]1C(=O)N2C(C(=O)O)=C(C[N+]3(C)[C@@H]4CC[C@H]3CC(NC(=O)c3ccc(O)c(O)c3F)C4)CS[C@H]12)c1nsc(N)n1)C(=O)O. The molecular weight excluding hydrogens is 728 g/mol. The zero-order chi connectivity index (χ0) is 37.9. The van der Waals surface area contributed by atoms with Crippen LogP contribution in [-0.4, -0.2) is 129 Å². The van der Waals surface area contributed by atoms with Gasteiger partial charge in [-0.3, -0.25) is 19.3 Å². The molecule has 0 saturated carbocycles. The maximum atomic E-state index is 14.5. The van der Waals surface area contributed by atoms with Crippen molar-refractivity contribution in [1.82, 2.24) is 24.9 Å². The van der Waals surface area contributed by atoms with Crippen LogP contribution in [0.1, 0.15) is 55.7 Å². The highest BCUT2D eigenvalue weighted by atomic mass is 32.2. The number of benzene rings is 1. The number of aromatic nitrogens is 2. The number of nitrogen functional groups attached to an aromatic ring is 1. The third kappa shape index (κ3) is 6.47. The highest BCUT2D eigenvalue weighted by Crippen LogP contribution is 2.46. The highest BCUT2D eigenvalue weighted by molar-refractivity contribution is 8.00. The molecule has 3 amide bonds. The van der Waals surface area contributed by atoms with Crippen molar-refractivity contribution in [3.8, 4) is 11.5 Å². The molecule has 3 saturated heterocycles. The normalized spacial score (nSPS) is 27.1. The summed E-state index contributed by atoms with van der Waals surface area (Å²) >= 11 is 2.04. The fourth-order valence-corrected chi connectivity index (χ4v) is 9.02. The number of anilines is 1. The molecule has 0 spiro atoms. The average Bonchev–Trinajstić information content (AvgIpc) is 3.54. The molecule has 6 rings (SSSR count). The highest BCUT2D eigenvalue weighted by Gasteiger charge is 2.57. The number of aromatic hydroxyl groups is 2. The number of likely N-dealkylation sites (N-methyl/N-ethyl adjacent to an activating group) is 1. The summed E-state index contributed by atoms with van der Waals surface area (Å²) in [5.41, 5.74) is 3.30. The van der Waals surface area contributed by atoms with Gasteiger partial charge in [-0.15, -0.1) is 11.8 Å². The molecule has 6 atom stereocenters. The number of thioether (sulfide) groups is 1. The summed E-state index contributed by atoms with van der Waals surface area (Å²) in [5, 5.41) is 47.3. The maximum Gasteiger partial charge on any atom is 0.352 e. The van der Waals surface area contributed by atoms with E-state index in [0.29, 0.717) is 29.4 Å². The van der Waals surface area contributed by atoms with E-state index in [2.05, 4.69) is 25.1 Å². The van der Waals surface area contributed by atoms with Crippen LogP contribution < -0.4 is 16.4 Å². The van der Waals surface area contributed by atoms with Crippen molar-refractivity contribution in [1.29, 1.82) is 0 Å². The van der Waals surface area contributed by atoms with Crippen LogP contribution in [0.3, 0.4) is 0 Å². The number of phenols is 2. The second-order valence-electron chi connectivity index (χ2n) is 13.7. The number of nitrogens with two attached hydrogens (primary N) is 1. The van der Waals surface area contributed by atoms with Crippen molar-refractivity contribution in [2.24, 2.45) is 5.16 Å². The number of carboxylic acids is 2. The zero-order valence-electron chi connectivity index (χ0n) is 28.0. The lowest BCUT2D eigenvalue weighted by Crippen LogP contribution is -2.71. The molecule has 0 aliphatic carbocycles. The number of quaternary nitrogens is 1. The molecule has 1 aromatic carbocycles. The first-order valence-corrected chi connectivity index (χ1v) is 17.9. The van der Waals surface area contributed by atoms with Gasteiger partial charge < -0.3 is 46.1 Å². The minimum absolute atomic E-state index is 0.00474. The number of β-lactam (4-membered cyclic amide) rings is 1.